The van der Waals surface area contributed by atoms with Crippen LogP contribution in [0, 0.1) is 6.92 Å². The predicted octanol–water partition coefficient (Wildman–Crippen LogP) is 4.24. The summed E-state index contributed by atoms with van der Waals surface area (Å²) in [7, 11) is 1.95. The Morgan fingerprint density at radius 1 is 1.03 bits per heavy atom. The van der Waals surface area contributed by atoms with Gasteiger partial charge in [0.1, 0.15) is 0 Å². The second-order valence-electron chi connectivity index (χ2n) is 8.90. The number of hydrogen-bond acceptors (Lipinski definition) is 6. The molecule has 2 heterocycles. The third kappa shape index (κ3) is 4.92. The average molecular weight is 479 g/mol. The molecule has 1 amide bonds. The number of aromatic nitrogens is 3. The third-order valence-corrected chi connectivity index (χ3v) is 7.48. The van der Waals surface area contributed by atoms with Crippen LogP contribution in [0.15, 0.2) is 35.5 Å². The summed E-state index contributed by atoms with van der Waals surface area (Å²) in [4.78, 5) is 12.5. The van der Waals surface area contributed by atoms with Gasteiger partial charge in [0.2, 0.25) is 5.91 Å². The Hall–Kier alpha value is -3.00. The zero-order valence-corrected chi connectivity index (χ0v) is 20.5. The first-order valence-electron chi connectivity index (χ1n) is 11.9. The topological polar surface area (TPSA) is 78.3 Å². The standard InChI is InChI=1S/C26H30N4O3S/c1-17-12-22-23(33-11-5-10-32-22)14-21(17)15-27-24(31)16-34-26-29-28-25(30(26)2)20-9-8-18-6-3-4-7-19(18)13-20/h8-9,12-14H,3-7,10-11,15-16H2,1-2H3,(H,27,31). The molecule has 0 saturated heterocycles. The van der Waals surface area contributed by atoms with Crippen LogP contribution >= 0.6 is 11.8 Å². The molecule has 1 aliphatic carbocycles. The number of thioether (sulfide) groups is 1. The van der Waals surface area contributed by atoms with Gasteiger partial charge < -0.3 is 19.4 Å². The van der Waals surface area contributed by atoms with E-state index in [0.717, 1.165) is 58.4 Å². The van der Waals surface area contributed by atoms with E-state index in [1.54, 1.807) is 0 Å². The monoisotopic (exact) mass is 478 g/mol. The minimum Gasteiger partial charge on any atom is -0.490 e. The molecule has 0 unspecified atom stereocenters. The predicted molar refractivity (Wildman–Crippen MR) is 132 cm³/mol. The molecular weight excluding hydrogens is 448 g/mol. The number of fused-ring (bicyclic) bond motifs is 2. The van der Waals surface area contributed by atoms with Gasteiger partial charge in [0.15, 0.2) is 22.5 Å². The van der Waals surface area contributed by atoms with E-state index in [1.165, 1.54) is 35.7 Å². The maximum atomic E-state index is 12.5. The molecule has 1 aromatic heterocycles. The van der Waals surface area contributed by atoms with Crippen molar-refractivity contribution >= 4 is 17.7 Å². The highest BCUT2D eigenvalue weighted by atomic mass is 32.2. The van der Waals surface area contributed by atoms with E-state index >= 15 is 0 Å². The molecule has 178 valence electrons. The van der Waals surface area contributed by atoms with Crippen LogP contribution in [0.2, 0.25) is 0 Å². The van der Waals surface area contributed by atoms with Crippen molar-refractivity contribution in [3.05, 3.63) is 52.6 Å². The van der Waals surface area contributed by atoms with E-state index in [4.69, 9.17) is 9.47 Å². The van der Waals surface area contributed by atoms with Gasteiger partial charge >= 0.3 is 0 Å². The number of benzene rings is 2. The number of hydrogen-bond donors (Lipinski definition) is 1. The van der Waals surface area contributed by atoms with Crippen molar-refractivity contribution in [2.75, 3.05) is 19.0 Å². The van der Waals surface area contributed by atoms with Crippen molar-refractivity contribution in [2.24, 2.45) is 7.05 Å². The van der Waals surface area contributed by atoms with Gasteiger partial charge in [0, 0.05) is 25.6 Å². The summed E-state index contributed by atoms with van der Waals surface area (Å²) in [5.41, 5.74) is 6.05. The van der Waals surface area contributed by atoms with Crippen LogP contribution in [0.25, 0.3) is 11.4 Å². The van der Waals surface area contributed by atoms with Gasteiger partial charge in [-0.25, -0.2) is 0 Å². The number of carbonyl (C=O) groups excluding carboxylic acids is 1. The molecule has 34 heavy (non-hydrogen) atoms. The lowest BCUT2D eigenvalue weighted by molar-refractivity contribution is -0.118. The van der Waals surface area contributed by atoms with E-state index < -0.39 is 0 Å². The fourth-order valence-corrected chi connectivity index (χ4v) is 5.22. The first-order valence-corrected chi connectivity index (χ1v) is 12.9. The van der Waals surface area contributed by atoms with E-state index in [9.17, 15) is 4.79 Å². The molecule has 2 aliphatic rings. The molecule has 0 saturated carbocycles. The summed E-state index contributed by atoms with van der Waals surface area (Å²) in [6.07, 6.45) is 5.68. The zero-order chi connectivity index (χ0) is 23.5. The second-order valence-corrected chi connectivity index (χ2v) is 9.84. The molecule has 3 aromatic rings. The molecule has 0 atom stereocenters. The van der Waals surface area contributed by atoms with Crippen LogP contribution in [0.5, 0.6) is 11.5 Å². The lowest BCUT2D eigenvalue weighted by atomic mass is 9.90. The van der Waals surface area contributed by atoms with Crippen molar-refractivity contribution in [1.82, 2.24) is 20.1 Å². The van der Waals surface area contributed by atoms with Crippen LogP contribution in [0.1, 0.15) is 41.5 Å². The summed E-state index contributed by atoms with van der Waals surface area (Å²) in [5.74, 6) is 2.59. The summed E-state index contributed by atoms with van der Waals surface area (Å²) in [5, 5.41) is 12.5. The van der Waals surface area contributed by atoms with Gasteiger partial charge in [-0.2, -0.15) is 0 Å². The Bertz CT molecular complexity index is 1210. The molecule has 8 heteroatoms. The highest BCUT2D eigenvalue weighted by molar-refractivity contribution is 7.99. The van der Waals surface area contributed by atoms with E-state index in [0.29, 0.717) is 19.8 Å². The number of nitrogens with zero attached hydrogens (tertiary/aromatic N) is 3. The Morgan fingerprint density at radius 2 is 1.79 bits per heavy atom. The number of amides is 1. The maximum absolute atomic E-state index is 12.5. The fourth-order valence-electron chi connectivity index (χ4n) is 4.48. The number of nitrogens with one attached hydrogen (secondary N) is 1. The van der Waals surface area contributed by atoms with Gasteiger partial charge in [-0.15, -0.1) is 10.2 Å². The van der Waals surface area contributed by atoms with Crippen LogP contribution < -0.4 is 14.8 Å². The minimum absolute atomic E-state index is 0.0464. The number of aryl methyl sites for hydroxylation is 3. The Morgan fingerprint density at radius 3 is 2.62 bits per heavy atom. The lowest BCUT2D eigenvalue weighted by Crippen LogP contribution is -2.25. The molecule has 2 aromatic carbocycles. The van der Waals surface area contributed by atoms with Gasteiger partial charge in [-0.3, -0.25) is 4.79 Å². The molecule has 0 bridgehead atoms. The van der Waals surface area contributed by atoms with Crippen molar-refractivity contribution in [3.8, 4) is 22.9 Å². The Kier molecular flexibility index (Phi) is 6.76. The van der Waals surface area contributed by atoms with E-state index in [2.05, 4.69) is 33.7 Å². The fraction of sp³-hybridized carbons (Fsp3) is 0.423. The molecule has 7 nitrogen and oxygen atoms in total. The largest absolute Gasteiger partial charge is 0.490 e. The SMILES string of the molecule is Cc1cc2c(cc1CNC(=O)CSc1nnc(-c3ccc4c(c3)CCCC4)n1C)OCCCO2. The number of carbonyl (C=O) groups is 1. The van der Waals surface area contributed by atoms with Crippen molar-refractivity contribution in [3.63, 3.8) is 0 Å². The van der Waals surface area contributed by atoms with Crippen LogP contribution in [0.3, 0.4) is 0 Å². The molecule has 5 rings (SSSR count). The molecule has 1 N–H and O–H groups in total. The molecule has 0 radical (unpaired) electrons. The quantitative estimate of drug-likeness (QED) is 0.534. The average Bonchev–Trinajstić information content (AvgIpc) is 3.06. The summed E-state index contributed by atoms with van der Waals surface area (Å²) < 4.78 is 13.5. The van der Waals surface area contributed by atoms with Gasteiger partial charge in [-0.05, 0) is 73.1 Å². The van der Waals surface area contributed by atoms with Crippen LogP contribution in [-0.2, 0) is 31.2 Å². The molecular formula is C26H30N4O3S. The minimum atomic E-state index is -0.0464. The third-order valence-electron chi connectivity index (χ3n) is 6.46. The van der Waals surface area contributed by atoms with Crippen molar-refractivity contribution in [2.45, 2.75) is 50.7 Å². The van der Waals surface area contributed by atoms with Crippen LogP contribution in [0.4, 0.5) is 0 Å². The maximum Gasteiger partial charge on any atom is 0.230 e. The van der Waals surface area contributed by atoms with E-state index in [-0.39, 0.29) is 11.7 Å². The van der Waals surface area contributed by atoms with Gasteiger partial charge in [0.25, 0.3) is 0 Å². The molecule has 0 spiro atoms. The van der Waals surface area contributed by atoms with Crippen LogP contribution in [-0.4, -0.2) is 39.6 Å². The summed E-state index contributed by atoms with van der Waals surface area (Å²) in [6, 6.07) is 10.6. The first-order chi connectivity index (χ1) is 16.6. The summed E-state index contributed by atoms with van der Waals surface area (Å²) >= 11 is 1.40. The zero-order valence-electron chi connectivity index (χ0n) is 19.7. The summed E-state index contributed by atoms with van der Waals surface area (Å²) in [6.45, 7) is 3.77. The highest BCUT2D eigenvalue weighted by Crippen LogP contribution is 2.33. The Labute approximate surface area is 204 Å². The number of rotatable bonds is 6. The smallest absolute Gasteiger partial charge is 0.230 e. The van der Waals surface area contributed by atoms with E-state index in [1.807, 2.05) is 30.7 Å². The molecule has 0 fully saturated rings. The van der Waals surface area contributed by atoms with Crippen molar-refractivity contribution in [1.29, 1.82) is 0 Å². The molecule has 1 aliphatic heterocycles. The Balaban J connectivity index is 1.19. The lowest BCUT2D eigenvalue weighted by Gasteiger charge is -2.16. The first kappa shape index (κ1) is 22.8. The normalized spacial score (nSPS) is 14.9. The van der Waals surface area contributed by atoms with Gasteiger partial charge in [-0.1, -0.05) is 23.9 Å². The van der Waals surface area contributed by atoms with Gasteiger partial charge in [0.05, 0.1) is 19.0 Å². The second kappa shape index (κ2) is 10.1. The number of ether oxygens (including phenoxy) is 2. The highest BCUT2D eigenvalue weighted by Gasteiger charge is 2.17. The van der Waals surface area contributed by atoms with Crippen molar-refractivity contribution < 1.29 is 14.3 Å².